The van der Waals surface area contributed by atoms with Gasteiger partial charge in [-0.25, -0.2) is 0 Å². The SMILES string of the molecule is CCn1ccc(CN(C)[C@@H](C)Cc2ccccc2OC)n1. The summed E-state index contributed by atoms with van der Waals surface area (Å²) >= 11 is 0. The summed E-state index contributed by atoms with van der Waals surface area (Å²) in [5.41, 5.74) is 2.37. The van der Waals surface area contributed by atoms with Crippen LogP contribution in [-0.2, 0) is 19.5 Å². The molecule has 0 aliphatic carbocycles. The van der Waals surface area contributed by atoms with Crippen LogP contribution in [0.3, 0.4) is 0 Å². The molecule has 4 heteroatoms. The first-order valence-electron chi connectivity index (χ1n) is 7.48. The Kier molecular flexibility index (Phi) is 5.39. The first kappa shape index (κ1) is 15.6. The smallest absolute Gasteiger partial charge is 0.122 e. The Labute approximate surface area is 127 Å². The number of para-hydroxylation sites is 1. The van der Waals surface area contributed by atoms with Crippen molar-refractivity contribution in [3.05, 3.63) is 47.8 Å². The van der Waals surface area contributed by atoms with Crippen molar-refractivity contribution in [3.63, 3.8) is 0 Å². The number of hydrogen-bond donors (Lipinski definition) is 0. The van der Waals surface area contributed by atoms with Gasteiger partial charge in [0.05, 0.1) is 12.8 Å². The van der Waals surface area contributed by atoms with Gasteiger partial charge in [-0.2, -0.15) is 5.10 Å². The zero-order valence-electron chi connectivity index (χ0n) is 13.4. The Hall–Kier alpha value is -1.81. The Morgan fingerprint density at radius 3 is 2.71 bits per heavy atom. The molecule has 1 aromatic heterocycles. The highest BCUT2D eigenvalue weighted by Gasteiger charge is 2.14. The van der Waals surface area contributed by atoms with Crippen LogP contribution in [0.2, 0.25) is 0 Å². The molecule has 4 nitrogen and oxygen atoms in total. The topological polar surface area (TPSA) is 30.3 Å². The molecule has 21 heavy (non-hydrogen) atoms. The lowest BCUT2D eigenvalue weighted by atomic mass is 10.1. The highest BCUT2D eigenvalue weighted by molar-refractivity contribution is 5.33. The molecule has 1 aromatic carbocycles. The molecule has 1 atom stereocenters. The normalized spacial score (nSPS) is 12.6. The van der Waals surface area contributed by atoms with Gasteiger partial charge in [-0.15, -0.1) is 0 Å². The van der Waals surface area contributed by atoms with Crippen molar-refractivity contribution >= 4 is 0 Å². The van der Waals surface area contributed by atoms with Gasteiger partial charge in [0.25, 0.3) is 0 Å². The maximum atomic E-state index is 5.43. The summed E-state index contributed by atoms with van der Waals surface area (Å²) in [5.74, 6) is 0.966. The average Bonchev–Trinajstić information content (AvgIpc) is 2.95. The molecule has 0 fully saturated rings. The summed E-state index contributed by atoms with van der Waals surface area (Å²) < 4.78 is 7.39. The quantitative estimate of drug-likeness (QED) is 0.784. The summed E-state index contributed by atoms with van der Waals surface area (Å²) in [4.78, 5) is 2.33. The molecule has 0 aliphatic rings. The highest BCUT2D eigenvalue weighted by Crippen LogP contribution is 2.20. The fraction of sp³-hybridized carbons (Fsp3) is 0.471. The minimum absolute atomic E-state index is 0.424. The zero-order valence-corrected chi connectivity index (χ0v) is 13.4. The molecule has 0 spiro atoms. The molecule has 0 bridgehead atoms. The van der Waals surface area contributed by atoms with Gasteiger partial charge in [0.1, 0.15) is 5.75 Å². The van der Waals surface area contributed by atoms with E-state index in [9.17, 15) is 0 Å². The number of likely N-dealkylation sites (N-methyl/N-ethyl adjacent to an activating group) is 1. The molecule has 0 N–H and O–H groups in total. The van der Waals surface area contributed by atoms with Gasteiger partial charge in [-0.1, -0.05) is 18.2 Å². The average molecular weight is 287 g/mol. The van der Waals surface area contributed by atoms with Gasteiger partial charge >= 0.3 is 0 Å². The lowest BCUT2D eigenvalue weighted by molar-refractivity contribution is 0.243. The van der Waals surface area contributed by atoms with Crippen molar-refractivity contribution in [1.82, 2.24) is 14.7 Å². The van der Waals surface area contributed by atoms with Crippen LogP contribution in [0.5, 0.6) is 5.75 Å². The van der Waals surface area contributed by atoms with Crippen molar-refractivity contribution < 1.29 is 4.74 Å². The van der Waals surface area contributed by atoms with E-state index in [0.717, 1.165) is 31.0 Å². The van der Waals surface area contributed by atoms with Crippen LogP contribution < -0.4 is 4.74 Å². The zero-order chi connectivity index (χ0) is 15.2. The van der Waals surface area contributed by atoms with Crippen molar-refractivity contribution in [2.75, 3.05) is 14.2 Å². The summed E-state index contributed by atoms with van der Waals surface area (Å²) in [7, 11) is 3.87. The van der Waals surface area contributed by atoms with E-state index in [1.807, 2.05) is 23.0 Å². The number of methoxy groups -OCH3 is 1. The summed E-state index contributed by atoms with van der Waals surface area (Å²) in [6.45, 7) is 6.12. The van der Waals surface area contributed by atoms with Crippen LogP contribution in [0.15, 0.2) is 36.5 Å². The van der Waals surface area contributed by atoms with Crippen molar-refractivity contribution in [3.8, 4) is 5.75 Å². The van der Waals surface area contributed by atoms with E-state index in [-0.39, 0.29) is 0 Å². The summed E-state index contributed by atoms with van der Waals surface area (Å²) in [5, 5.41) is 4.54. The monoisotopic (exact) mass is 287 g/mol. The van der Waals surface area contributed by atoms with Crippen LogP contribution >= 0.6 is 0 Å². The largest absolute Gasteiger partial charge is 0.496 e. The Morgan fingerprint density at radius 2 is 2.05 bits per heavy atom. The van der Waals surface area contributed by atoms with Gasteiger partial charge in [0, 0.05) is 25.3 Å². The van der Waals surface area contributed by atoms with Gasteiger partial charge < -0.3 is 4.74 Å². The fourth-order valence-corrected chi connectivity index (χ4v) is 2.42. The maximum Gasteiger partial charge on any atom is 0.122 e. The van der Waals surface area contributed by atoms with E-state index in [2.05, 4.69) is 49.1 Å². The van der Waals surface area contributed by atoms with E-state index in [1.54, 1.807) is 7.11 Å². The molecule has 0 amide bonds. The predicted octanol–water partition coefficient (Wildman–Crippen LogP) is 2.97. The van der Waals surface area contributed by atoms with Crippen LogP contribution in [0, 0.1) is 0 Å². The van der Waals surface area contributed by atoms with Gasteiger partial charge in [-0.3, -0.25) is 9.58 Å². The third-order valence-corrected chi connectivity index (χ3v) is 3.89. The van der Waals surface area contributed by atoms with Crippen molar-refractivity contribution in [2.45, 2.75) is 39.4 Å². The Balaban J connectivity index is 1.97. The third-order valence-electron chi connectivity index (χ3n) is 3.89. The Morgan fingerprint density at radius 1 is 1.29 bits per heavy atom. The minimum atomic E-state index is 0.424. The third kappa shape index (κ3) is 4.08. The van der Waals surface area contributed by atoms with Crippen molar-refractivity contribution in [2.24, 2.45) is 0 Å². The first-order valence-corrected chi connectivity index (χ1v) is 7.48. The molecule has 0 saturated carbocycles. The molecule has 0 saturated heterocycles. The predicted molar refractivity (Wildman–Crippen MR) is 85.5 cm³/mol. The lowest BCUT2D eigenvalue weighted by Crippen LogP contribution is -2.30. The summed E-state index contributed by atoms with van der Waals surface area (Å²) in [6, 6.07) is 10.7. The fourth-order valence-electron chi connectivity index (χ4n) is 2.42. The van der Waals surface area contributed by atoms with E-state index in [1.165, 1.54) is 5.56 Å². The molecule has 0 radical (unpaired) electrons. The molecular weight excluding hydrogens is 262 g/mol. The number of benzene rings is 1. The first-order chi connectivity index (χ1) is 10.1. The second-order valence-electron chi connectivity index (χ2n) is 5.44. The minimum Gasteiger partial charge on any atom is -0.496 e. The van der Waals surface area contributed by atoms with Crippen LogP contribution in [0.25, 0.3) is 0 Å². The van der Waals surface area contributed by atoms with Crippen LogP contribution in [0.4, 0.5) is 0 Å². The lowest BCUT2D eigenvalue weighted by Gasteiger charge is -2.24. The standard InChI is InChI=1S/C17H25N3O/c1-5-20-11-10-16(18-20)13-19(3)14(2)12-15-8-6-7-9-17(15)21-4/h6-11,14H,5,12-13H2,1-4H3/t14-/m0/s1. The molecule has 0 unspecified atom stereocenters. The number of rotatable bonds is 7. The second-order valence-corrected chi connectivity index (χ2v) is 5.44. The number of hydrogen-bond acceptors (Lipinski definition) is 3. The summed E-state index contributed by atoms with van der Waals surface area (Å²) in [6.07, 6.45) is 3.00. The molecule has 1 heterocycles. The molecule has 2 aromatic rings. The van der Waals surface area contributed by atoms with E-state index in [4.69, 9.17) is 4.74 Å². The van der Waals surface area contributed by atoms with E-state index >= 15 is 0 Å². The second kappa shape index (κ2) is 7.27. The van der Waals surface area contributed by atoms with E-state index in [0.29, 0.717) is 6.04 Å². The Bertz CT molecular complexity index is 565. The van der Waals surface area contributed by atoms with Crippen LogP contribution in [-0.4, -0.2) is 34.9 Å². The number of aromatic nitrogens is 2. The van der Waals surface area contributed by atoms with Gasteiger partial charge in [0.15, 0.2) is 0 Å². The van der Waals surface area contributed by atoms with E-state index < -0.39 is 0 Å². The highest BCUT2D eigenvalue weighted by atomic mass is 16.5. The van der Waals surface area contributed by atoms with Gasteiger partial charge in [-0.05, 0) is 45.0 Å². The van der Waals surface area contributed by atoms with Crippen LogP contribution in [0.1, 0.15) is 25.1 Å². The number of aryl methyl sites for hydroxylation is 1. The van der Waals surface area contributed by atoms with Gasteiger partial charge in [0.2, 0.25) is 0 Å². The maximum absolute atomic E-state index is 5.43. The van der Waals surface area contributed by atoms with Crippen molar-refractivity contribution in [1.29, 1.82) is 0 Å². The number of ether oxygens (including phenoxy) is 1. The molecule has 2 rings (SSSR count). The molecule has 0 aliphatic heterocycles. The molecular formula is C17H25N3O. The molecule has 114 valence electrons. The number of nitrogens with zero attached hydrogens (tertiary/aromatic N) is 3.